The lowest BCUT2D eigenvalue weighted by Crippen LogP contribution is -2.11. The Morgan fingerprint density at radius 1 is 1.17 bits per heavy atom. The summed E-state index contributed by atoms with van der Waals surface area (Å²) in [5, 5.41) is 9.22. The summed E-state index contributed by atoms with van der Waals surface area (Å²) in [6.45, 7) is 6.02. The summed E-state index contributed by atoms with van der Waals surface area (Å²) >= 11 is 0. The zero-order valence-corrected chi connectivity index (χ0v) is 10.8. The first-order valence-corrected chi connectivity index (χ1v) is 6.03. The molecule has 0 fully saturated rings. The second-order valence-corrected chi connectivity index (χ2v) is 4.69. The molecule has 0 aliphatic rings. The predicted octanol–water partition coefficient (Wildman–Crippen LogP) is 3.74. The molecular weight excluding hydrogens is 226 g/mol. The number of rotatable bonds is 3. The number of carbonyl (C=O) groups is 1. The van der Waals surface area contributed by atoms with Crippen molar-refractivity contribution in [3.8, 4) is 11.3 Å². The van der Waals surface area contributed by atoms with E-state index in [0.717, 1.165) is 16.8 Å². The fourth-order valence-corrected chi connectivity index (χ4v) is 2.26. The molecule has 0 unspecified atom stereocenters. The molecule has 0 saturated heterocycles. The lowest BCUT2D eigenvalue weighted by Gasteiger charge is -2.16. The topological polar surface area (TPSA) is 42.2 Å². The van der Waals surface area contributed by atoms with Gasteiger partial charge in [0, 0.05) is 17.3 Å². The molecule has 0 amide bonds. The third kappa shape index (κ3) is 2.04. The van der Waals surface area contributed by atoms with E-state index in [-0.39, 0.29) is 6.04 Å². The Morgan fingerprint density at radius 3 is 2.39 bits per heavy atom. The van der Waals surface area contributed by atoms with E-state index >= 15 is 0 Å². The molecule has 0 aliphatic carbocycles. The number of benzene rings is 1. The van der Waals surface area contributed by atoms with Crippen molar-refractivity contribution in [3.63, 3.8) is 0 Å². The van der Waals surface area contributed by atoms with Crippen molar-refractivity contribution >= 4 is 5.97 Å². The largest absolute Gasteiger partial charge is 0.477 e. The zero-order valence-electron chi connectivity index (χ0n) is 10.8. The van der Waals surface area contributed by atoms with Gasteiger partial charge < -0.3 is 9.67 Å². The Balaban J connectivity index is 2.66. The minimum atomic E-state index is -0.886. The molecule has 3 heteroatoms. The van der Waals surface area contributed by atoms with Gasteiger partial charge in [0.2, 0.25) is 0 Å². The molecule has 18 heavy (non-hydrogen) atoms. The van der Waals surface area contributed by atoms with Gasteiger partial charge in [-0.25, -0.2) is 4.79 Å². The molecule has 0 saturated carbocycles. The molecule has 2 rings (SSSR count). The Hall–Kier alpha value is -2.03. The Kier molecular flexibility index (Phi) is 3.24. The zero-order chi connectivity index (χ0) is 13.3. The molecule has 0 aliphatic heterocycles. The van der Waals surface area contributed by atoms with Crippen LogP contribution in [-0.2, 0) is 0 Å². The van der Waals surface area contributed by atoms with Crippen molar-refractivity contribution < 1.29 is 9.90 Å². The summed E-state index contributed by atoms with van der Waals surface area (Å²) < 4.78 is 1.87. The van der Waals surface area contributed by atoms with Crippen LogP contribution >= 0.6 is 0 Å². The average molecular weight is 243 g/mol. The SMILES string of the molecule is Cc1ccccc1-c1ccc(C(=O)O)n1C(C)C. The van der Waals surface area contributed by atoms with Gasteiger partial charge in [0.05, 0.1) is 0 Å². The summed E-state index contributed by atoms with van der Waals surface area (Å²) in [5.41, 5.74) is 3.52. The first kappa shape index (κ1) is 12.4. The molecule has 1 aromatic heterocycles. The van der Waals surface area contributed by atoms with Crippen LogP contribution in [0.1, 0.15) is 35.9 Å². The van der Waals surface area contributed by atoms with Crippen LogP contribution in [0.4, 0.5) is 0 Å². The van der Waals surface area contributed by atoms with Gasteiger partial charge in [0.15, 0.2) is 0 Å². The van der Waals surface area contributed by atoms with Gasteiger partial charge in [-0.05, 0) is 38.5 Å². The van der Waals surface area contributed by atoms with Crippen molar-refractivity contribution in [1.29, 1.82) is 0 Å². The Bertz CT molecular complexity index is 582. The molecule has 1 aromatic carbocycles. The highest BCUT2D eigenvalue weighted by Gasteiger charge is 2.17. The molecule has 0 radical (unpaired) electrons. The smallest absolute Gasteiger partial charge is 0.352 e. The molecule has 0 atom stereocenters. The van der Waals surface area contributed by atoms with Gasteiger partial charge in [-0.15, -0.1) is 0 Å². The van der Waals surface area contributed by atoms with Gasteiger partial charge in [0.25, 0.3) is 0 Å². The third-order valence-corrected chi connectivity index (χ3v) is 3.07. The van der Waals surface area contributed by atoms with E-state index in [9.17, 15) is 9.90 Å². The number of aromatic nitrogens is 1. The monoisotopic (exact) mass is 243 g/mol. The van der Waals surface area contributed by atoms with E-state index in [4.69, 9.17) is 0 Å². The molecular formula is C15H17NO2. The standard InChI is InChI=1S/C15H17NO2/c1-10(2)16-13(8-9-14(16)15(17)18)12-7-5-4-6-11(12)3/h4-10H,1-3H3,(H,17,18). The van der Waals surface area contributed by atoms with Gasteiger partial charge >= 0.3 is 5.97 Å². The minimum Gasteiger partial charge on any atom is -0.477 e. The van der Waals surface area contributed by atoms with Crippen molar-refractivity contribution in [2.75, 3.05) is 0 Å². The summed E-state index contributed by atoms with van der Waals surface area (Å²) in [5.74, 6) is -0.886. The lowest BCUT2D eigenvalue weighted by atomic mass is 10.1. The van der Waals surface area contributed by atoms with Crippen molar-refractivity contribution in [3.05, 3.63) is 47.7 Å². The maximum atomic E-state index is 11.2. The Labute approximate surface area is 107 Å². The molecule has 1 N–H and O–H groups in total. The number of carboxylic acid groups (broad SMARTS) is 1. The highest BCUT2D eigenvalue weighted by molar-refractivity contribution is 5.87. The van der Waals surface area contributed by atoms with Crippen LogP contribution in [0.3, 0.4) is 0 Å². The number of hydrogen-bond donors (Lipinski definition) is 1. The van der Waals surface area contributed by atoms with Gasteiger partial charge in [0.1, 0.15) is 5.69 Å². The molecule has 1 heterocycles. The Morgan fingerprint density at radius 2 is 1.83 bits per heavy atom. The van der Waals surface area contributed by atoms with Gasteiger partial charge in [-0.3, -0.25) is 0 Å². The summed E-state index contributed by atoms with van der Waals surface area (Å²) in [6, 6.07) is 11.7. The van der Waals surface area contributed by atoms with Crippen LogP contribution in [0.2, 0.25) is 0 Å². The molecule has 3 nitrogen and oxygen atoms in total. The van der Waals surface area contributed by atoms with Gasteiger partial charge in [-0.1, -0.05) is 24.3 Å². The van der Waals surface area contributed by atoms with Gasteiger partial charge in [-0.2, -0.15) is 0 Å². The van der Waals surface area contributed by atoms with Crippen molar-refractivity contribution in [1.82, 2.24) is 4.57 Å². The number of aryl methyl sites for hydroxylation is 1. The highest BCUT2D eigenvalue weighted by Crippen LogP contribution is 2.28. The van der Waals surface area contributed by atoms with E-state index in [2.05, 4.69) is 0 Å². The second-order valence-electron chi connectivity index (χ2n) is 4.69. The van der Waals surface area contributed by atoms with E-state index < -0.39 is 5.97 Å². The average Bonchev–Trinajstić information content (AvgIpc) is 2.74. The number of nitrogens with zero attached hydrogens (tertiary/aromatic N) is 1. The molecule has 2 aromatic rings. The predicted molar refractivity (Wildman–Crippen MR) is 71.9 cm³/mol. The maximum absolute atomic E-state index is 11.2. The highest BCUT2D eigenvalue weighted by atomic mass is 16.4. The molecule has 0 spiro atoms. The number of carboxylic acids is 1. The first-order valence-electron chi connectivity index (χ1n) is 6.03. The maximum Gasteiger partial charge on any atom is 0.352 e. The van der Waals surface area contributed by atoms with Crippen LogP contribution in [0.25, 0.3) is 11.3 Å². The quantitative estimate of drug-likeness (QED) is 0.892. The van der Waals surface area contributed by atoms with E-state index in [1.807, 2.05) is 55.7 Å². The van der Waals surface area contributed by atoms with Crippen LogP contribution in [0.5, 0.6) is 0 Å². The van der Waals surface area contributed by atoms with E-state index in [1.54, 1.807) is 6.07 Å². The van der Waals surface area contributed by atoms with Crippen LogP contribution < -0.4 is 0 Å². The summed E-state index contributed by atoms with van der Waals surface area (Å²) in [4.78, 5) is 11.2. The van der Waals surface area contributed by atoms with Crippen LogP contribution in [-0.4, -0.2) is 15.6 Å². The van der Waals surface area contributed by atoms with Crippen molar-refractivity contribution in [2.24, 2.45) is 0 Å². The lowest BCUT2D eigenvalue weighted by molar-refractivity contribution is 0.0683. The fourth-order valence-electron chi connectivity index (χ4n) is 2.26. The summed E-state index contributed by atoms with van der Waals surface area (Å²) in [6.07, 6.45) is 0. The normalized spacial score (nSPS) is 10.9. The first-order chi connectivity index (χ1) is 8.52. The number of aromatic carboxylic acids is 1. The van der Waals surface area contributed by atoms with Crippen LogP contribution in [0.15, 0.2) is 36.4 Å². The third-order valence-electron chi connectivity index (χ3n) is 3.07. The summed E-state index contributed by atoms with van der Waals surface area (Å²) in [7, 11) is 0. The minimum absolute atomic E-state index is 0.112. The van der Waals surface area contributed by atoms with Crippen LogP contribution in [0, 0.1) is 6.92 Å². The molecule has 94 valence electrons. The fraction of sp³-hybridized carbons (Fsp3) is 0.267. The second kappa shape index (κ2) is 4.69. The van der Waals surface area contributed by atoms with E-state index in [0.29, 0.717) is 5.69 Å². The van der Waals surface area contributed by atoms with E-state index in [1.165, 1.54) is 0 Å². The number of hydrogen-bond acceptors (Lipinski definition) is 1. The van der Waals surface area contributed by atoms with Crippen molar-refractivity contribution in [2.45, 2.75) is 26.8 Å². The molecule has 0 bridgehead atoms.